The van der Waals surface area contributed by atoms with E-state index in [9.17, 15) is 13.2 Å². The average Bonchev–Trinajstić information content (AvgIpc) is 3.53. The number of anilines is 2. The molecule has 0 spiro atoms. The number of para-hydroxylation sites is 1. The Morgan fingerprint density at radius 2 is 1.47 bits per heavy atom. The number of ether oxygens (including phenoxy) is 1. The summed E-state index contributed by atoms with van der Waals surface area (Å²) in [6.45, 7) is 4.43. The maximum atomic E-state index is 13.7. The van der Waals surface area contributed by atoms with E-state index in [1.165, 1.54) is 5.41 Å². The average molecular weight is 593 g/mol. The molecule has 1 aliphatic carbocycles. The van der Waals surface area contributed by atoms with Crippen molar-refractivity contribution >= 4 is 33.2 Å². The number of hydrogen-bond donors (Lipinski definition) is 1. The highest BCUT2D eigenvalue weighted by molar-refractivity contribution is 7.94. The number of sulfone groups is 1. The second-order valence-electron chi connectivity index (χ2n) is 9.54. The first-order valence-electron chi connectivity index (χ1n) is 14.2. The Bertz CT molecular complexity index is 1690. The monoisotopic (exact) mass is 592 g/mol. The molecular weight excluding hydrogens is 556 g/mol. The van der Waals surface area contributed by atoms with Crippen molar-refractivity contribution in [3.8, 4) is 5.75 Å². The van der Waals surface area contributed by atoms with Gasteiger partial charge in [-0.15, -0.1) is 0 Å². The third kappa shape index (κ3) is 8.33. The number of allylic oxidation sites excluding steroid dienone is 3. The molecule has 0 saturated heterocycles. The molecule has 0 saturated carbocycles. The van der Waals surface area contributed by atoms with Gasteiger partial charge in [-0.3, -0.25) is 4.79 Å². The molecule has 0 aromatic heterocycles. The van der Waals surface area contributed by atoms with Gasteiger partial charge < -0.3 is 15.0 Å². The van der Waals surface area contributed by atoms with Gasteiger partial charge in [0, 0.05) is 34.5 Å². The third-order valence-electron chi connectivity index (χ3n) is 6.68. The van der Waals surface area contributed by atoms with Gasteiger partial charge in [0.05, 0.1) is 18.6 Å². The van der Waals surface area contributed by atoms with Gasteiger partial charge in [-0.05, 0) is 71.8 Å². The number of benzene rings is 4. The smallest absolute Gasteiger partial charge is 0.254 e. The number of nitrogens with one attached hydrogen (secondary N) is 1. The molecule has 0 radical (unpaired) electrons. The van der Waals surface area contributed by atoms with E-state index in [1.54, 1.807) is 48.4 Å². The molecule has 220 valence electrons. The van der Waals surface area contributed by atoms with Crippen LogP contribution in [-0.4, -0.2) is 21.4 Å². The first-order chi connectivity index (χ1) is 20.9. The van der Waals surface area contributed by atoms with Crippen LogP contribution < -0.4 is 15.0 Å². The van der Waals surface area contributed by atoms with Crippen LogP contribution in [0.4, 0.5) is 11.4 Å². The second-order valence-corrected chi connectivity index (χ2v) is 11.4. The predicted molar refractivity (Wildman–Crippen MR) is 175 cm³/mol. The summed E-state index contributed by atoms with van der Waals surface area (Å²) >= 11 is 0. The van der Waals surface area contributed by atoms with Gasteiger partial charge >= 0.3 is 0 Å². The molecule has 1 aliphatic rings. The van der Waals surface area contributed by atoms with Gasteiger partial charge in [-0.2, -0.15) is 0 Å². The normalized spacial score (nSPS) is 12.5. The Morgan fingerprint density at radius 1 is 0.837 bits per heavy atom. The van der Waals surface area contributed by atoms with E-state index in [0.29, 0.717) is 18.5 Å². The molecule has 4 aromatic carbocycles. The summed E-state index contributed by atoms with van der Waals surface area (Å²) in [6.07, 6.45) is 5.84. The highest BCUT2D eigenvalue weighted by atomic mass is 32.2. The number of hydrogen-bond acceptors (Lipinski definition) is 5. The molecule has 0 bridgehead atoms. The van der Waals surface area contributed by atoms with Crippen molar-refractivity contribution in [2.45, 2.75) is 31.7 Å². The Balaban J connectivity index is 0.00000207. The summed E-state index contributed by atoms with van der Waals surface area (Å²) in [5, 5.41) is 4.59. The number of methoxy groups -OCH3 is 1. The van der Waals surface area contributed by atoms with Gasteiger partial charge in [-0.25, -0.2) is 8.42 Å². The lowest BCUT2D eigenvalue weighted by Gasteiger charge is -2.24. The molecule has 1 amide bonds. The van der Waals surface area contributed by atoms with Gasteiger partial charge in [-0.1, -0.05) is 80.6 Å². The van der Waals surface area contributed by atoms with Crippen LogP contribution in [0.3, 0.4) is 0 Å². The number of nitrogens with zero attached hydrogens (tertiary/aromatic N) is 1. The molecule has 0 atom stereocenters. The maximum Gasteiger partial charge on any atom is 0.254 e. The summed E-state index contributed by atoms with van der Waals surface area (Å²) in [5.74, 6) is 0.714. The topological polar surface area (TPSA) is 75.7 Å². The highest BCUT2D eigenvalue weighted by Gasteiger charge is 2.23. The standard InChI is InChI=1S/C34H30N2O4S.C2H6/c1-40-32-20-14-27(15-21-32)25-36(31-8-4-2-5-9-31)34(37)28-16-19-30(24-28)35-29-17-12-26(13-18-29)22-23-41(38,39)33-10-6-3-7-11-33;1-2/h2-23,35H,24-25H2,1H3;1-2H3/b23-22+;. The van der Waals surface area contributed by atoms with E-state index in [-0.39, 0.29) is 10.8 Å². The van der Waals surface area contributed by atoms with Crippen LogP contribution in [0.2, 0.25) is 0 Å². The first kappa shape index (κ1) is 31.1. The van der Waals surface area contributed by atoms with E-state index >= 15 is 0 Å². The fourth-order valence-corrected chi connectivity index (χ4v) is 5.48. The first-order valence-corrected chi connectivity index (χ1v) is 15.7. The van der Waals surface area contributed by atoms with Crippen LogP contribution in [0.1, 0.15) is 31.4 Å². The molecule has 0 unspecified atom stereocenters. The van der Waals surface area contributed by atoms with Crippen molar-refractivity contribution in [3.63, 3.8) is 0 Å². The van der Waals surface area contributed by atoms with Crippen LogP contribution in [-0.2, 0) is 21.2 Å². The molecular formula is C36H36N2O4S. The zero-order valence-corrected chi connectivity index (χ0v) is 25.4. The Kier molecular flexibility index (Phi) is 10.7. The van der Waals surface area contributed by atoms with Crippen molar-refractivity contribution in [2.75, 3.05) is 17.3 Å². The number of carbonyl (C=O) groups excluding carboxylic acids is 1. The fraction of sp³-hybridized carbons (Fsp3) is 0.139. The lowest BCUT2D eigenvalue weighted by atomic mass is 10.1. The lowest BCUT2D eigenvalue weighted by molar-refractivity contribution is -0.115. The van der Waals surface area contributed by atoms with E-state index in [4.69, 9.17) is 4.74 Å². The van der Waals surface area contributed by atoms with Gasteiger partial charge in [0.2, 0.25) is 0 Å². The summed E-state index contributed by atoms with van der Waals surface area (Å²) in [6, 6.07) is 33.2. The Labute approximate surface area is 254 Å². The van der Waals surface area contributed by atoms with Crippen molar-refractivity contribution in [3.05, 3.63) is 149 Å². The van der Waals surface area contributed by atoms with Gasteiger partial charge in [0.25, 0.3) is 5.91 Å². The zero-order chi connectivity index (χ0) is 30.7. The highest BCUT2D eigenvalue weighted by Crippen LogP contribution is 2.27. The van der Waals surface area contributed by atoms with E-state index < -0.39 is 9.84 Å². The molecule has 5 rings (SSSR count). The second kappa shape index (κ2) is 14.8. The van der Waals surface area contributed by atoms with E-state index in [0.717, 1.165) is 33.9 Å². The minimum absolute atomic E-state index is 0.0554. The molecule has 0 fully saturated rings. The minimum Gasteiger partial charge on any atom is -0.497 e. The number of carbonyl (C=O) groups is 1. The summed E-state index contributed by atoms with van der Waals surface area (Å²) in [5.41, 5.74) is 5.03. The van der Waals surface area contributed by atoms with Crippen LogP contribution in [0.15, 0.2) is 143 Å². The summed E-state index contributed by atoms with van der Waals surface area (Å²) in [7, 11) is -1.88. The van der Waals surface area contributed by atoms with Crippen molar-refractivity contribution in [1.29, 1.82) is 0 Å². The van der Waals surface area contributed by atoms with Crippen molar-refractivity contribution in [1.82, 2.24) is 0 Å². The maximum absolute atomic E-state index is 13.7. The molecule has 6 nitrogen and oxygen atoms in total. The lowest BCUT2D eigenvalue weighted by Crippen LogP contribution is -2.31. The van der Waals surface area contributed by atoms with Crippen LogP contribution in [0.5, 0.6) is 5.75 Å². The molecule has 1 N–H and O–H groups in total. The third-order valence-corrected chi connectivity index (χ3v) is 8.10. The molecule has 0 heterocycles. The van der Waals surface area contributed by atoms with Gasteiger partial charge in [0.15, 0.2) is 9.84 Å². The van der Waals surface area contributed by atoms with E-state index in [2.05, 4.69) is 5.32 Å². The van der Waals surface area contributed by atoms with Crippen molar-refractivity contribution < 1.29 is 17.9 Å². The van der Waals surface area contributed by atoms with Crippen molar-refractivity contribution in [2.24, 2.45) is 0 Å². The summed E-state index contributed by atoms with van der Waals surface area (Å²) < 4.78 is 30.3. The summed E-state index contributed by atoms with van der Waals surface area (Å²) in [4.78, 5) is 15.7. The van der Waals surface area contributed by atoms with Crippen LogP contribution in [0.25, 0.3) is 6.08 Å². The number of rotatable bonds is 10. The Hall–Kier alpha value is -4.88. The van der Waals surface area contributed by atoms with E-state index in [1.807, 2.05) is 105 Å². The molecule has 0 aliphatic heterocycles. The molecule has 7 heteroatoms. The predicted octanol–water partition coefficient (Wildman–Crippen LogP) is 8.03. The largest absolute Gasteiger partial charge is 0.497 e. The van der Waals surface area contributed by atoms with Gasteiger partial charge in [0.1, 0.15) is 5.75 Å². The number of amides is 1. The van der Waals surface area contributed by atoms with Crippen LogP contribution >= 0.6 is 0 Å². The van der Waals surface area contributed by atoms with Crippen LogP contribution in [0, 0.1) is 0 Å². The quantitative estimate of drug-likeness (QED) is 0.202. The minimum atomic E-state index is -3.51. The molecule has 4 aromatic rings. The fourth-order valence-electron chi connectivity index (χ4n) is 4.45. The zero-order valence-electron chi connectivity index (χ0n) is 24.6. The Morgan fingerprint density at radius 3 is 2.09 bits per heavy atom. The molecule has 43 heavy (non-hydrogen) atoms. The SMILES string of the molecule is CC.COc1ccc(CN(C(=O)C2=CC=C(Nc3ccc(/C=C/S(=O)(=O)c4ccccc4)cc3)C2)c2ccccc2)cc1.